The van der Waals surface area contributed by atoms with Crippen LogP contribution in [0, 0.1) is 6.92 Å². The first kappa shape index (κ1) is 7.81. The van der Waals surface area contributed by atoms with Gasteiger partial charge in [-0.1, -0.05) is 23.8 Å². The van der Waals surface area contributed by atoms with Gasteiger partial charge in [0.05, 0.1) is 0 Å². The largest absolute Gasteiger partial charge is 0.330 e. The van der Waals surface area contributed by atoms with E-state index in [1.165, 1.54) is 29.5 Å². The van der Waals surface area contributed by atoms with Crippen molar-refractivity contribution in [3.05, 3.63) is 34.9 Å². The number of nitrogens with two attached hydrogens (primary N) is 1. The van der Waals surface area contributed by atoms with Crippen molar-refractivity contribution in [2.24, 2.45) is 5.73 Å². The molecule has 0 saturated heterocycles. The van der Waals surface area contributed by atoms with Gasteiger partial charge in [-0.3, -0.25) is 0 Å². The number of fused-ring (bicyclic) bond motifs is 1. The van der Waals surface area contributed by atoms with E-state index in [2.05, 4.69) is 25.1 Å². The highest BCUT2D eigenvalue weighted by Gasteiger charge is 2.20. The SMILES string of the molecule is Cc1ccc2c(c1)C(CN)CC2. The molecule has 2 N–H and O–H groups in total. The topological polar surface area (TPSA) is 26.0 Å². The van der Waals surface area contributed by atoms with Crippen LogP contribution < -0.4 is 5.73 Å². The molecule has 1 atom stereocenters. The van der Waals surface area contributed by atoms with E-state index in [1.54, 1.807) is 0 Å². The predicted molar refractivity (Wildman–Crippen MR) is 51.3 cm³/mol. The molecule has 0 saturated carbocycles. The maximum atomic E-state index is 5.70. The Hall–Kier alpha value is -0.820. The monoisotopic (exact) mass is 161 g/mol. The molecular formula is C11H15N. The Kier molecular flexibility index (Phi) is 1.89. The summed E-state index contributed by atoms with van der Waals surface area (Å²) < 4.78 is 0. The van der Waals surface area contributed by atoms with Crippen molar-refractivity contribution < 1.29 is 0 Å². The van der Waals surface area contributed by atoms with Crippen LogP contribution in [0.1, 0.15) is 29.0 Å². The molecule has 1 aliphatic rings. The molecule has 0 fully saturated rings. The van der Waals surface area contributed by atoms with Gasteiger partial charge >= 0.3 is 0 Å². The van der Waals surface area contributed by atoms with E-state index in [-0.39, 0.29) is 0 Å². The van der Waals surface area contributed by atoms with Crippen molar-refractivity contribution in [1.29, 1.82) is 0 Å². The summed E-state index contributed by atoms with van der Waals surface area (Å²) in [5.41, 5.74) is 10.1. The van der Waals surface area contributed by atoms with Crippen molar-refractivity contribution in [3.63, 3.8) is 0 Å². The second kappa shape index (κ2) is 2.91. The fourth-order valence-corrected chi connectivity index (χ4v) is 2.05. The van der Waals surface area contributed by atoms with E-state index in [1.807, 2.05) is 0 Å². The Balaban J connectivity index is 2.42. The van der Waals surface area contributed by atoms with Gasteiger partial charge < -0.3 is 5.73 Å². The van der Waals surface area contributed by atoms with E-state index in [0.29, 0.717) is 5.92 Å². The van der Waals surface area contributed by atoms with Crippen LogP contribution in [0.2, 0.25) is 0 Å². The zero-order valence-electron chi connectivity index (χ0n) is 7.51. The van der Waals surface area contributed by atoms with E-state index in [0.717, 1.165) is 6.54 Å². The molecule has 0 bridgehead atoms. The Morgan fingerprint density at radius 1 is 1.50 bits per heavy atom. The second-order valence-corrected chi connectivity index (χ2v) is 3.67. The number of benzene rings is 1. The average Bonchev–Trinajstić information content (AvgIpc) is 2.46. The van der Waals surface area contributed by atoms with E-state index < -0.39 is 0 Å². The Morgan fingerprint density at radius 3 is 3.08 bits per heavy atom. The zero-order valence-corrected chi connectivity index (χ0v) is 7.51. The second-order valence-electron chi connectivity index (χ2n) is 3.67. The van der Waals surface area contributed by atoms with Crippen LogP contribution in [0.5, 0.6) is 0 Å². The molecule has 0 aromatic heterocycles. The van der Waals surface area contributed by atoms with Gasteiger partial charge in [0.1, 0.15) is 0 Å². The fraction of sp³-hybridized carbons (Fsp3) is 0.455. The van der Waals surface area contributed by atoms with Crippen LogP contribution in [-0.4, -0.2) is 6.54 Å². The van der Waals surface area contributed by atoms with Gasteiger partial charge in [-0.25, -0.2) is 0 Å². The van der Waals surface area contributed by atoms with Crippen LogP contribution >= 0.6 is 0 Å². The molecule has 1 nitrogen and oxygen atoms in total. The van der Waals surface area contributed by atoms with Crippen LogP contribution in [0.3, 0.4) is 0 Å². The summed E-state index contributed by atoms with van der Waals surface area (Å²) in [6, 6.07) is 6.73. The van der Waals surface area contributed by atoms with E-state index in [9.17, 15) is 0 Å². The van der Waals surface area contributed by atoms with Gasteiger partial charge in [0.2, 0.25) is 0 Å². The number of aryl methyl sites for hydroxylation is 2. The third-order valence-electron chi connectivity index (χ3n) is 2.79. The molecule has 0 aliphatic heterocycles. The van der Waals surface area contributed by atoms with Crippen molar-refractivity contribution in [2.45, 2.75) is 25.7 Å². The molecule has 0 amide bonds. The van der Waals surface area contributed by atoms with Crippen molar-refractivity contribution in [3.8, 4) is 0 Å². The first-order chi connectivity index (χ1) is 5.81. The minimum Gasteiger partial charge on any atom is -0.330 e. The van der Waals surface area contributed by atoms with E-state index >= 15 is 0 Å². The lowest BCUT2D eigenvalue weighted by Gasteiger charge is -2.08. The van der Waals surface area contributed by atoms with Crippen molar-refractivity contribution in [2.75, 3.05) is 6.54 Å². The molecule has 12 heavy (non-hydrogen) atoms. The highest BCUT2D eigenvalue weighted by molar-refractivity contribution is 5.38. The Morgan fingerprint density at radius 2 is 2.33 bits per heavy atom. The number of rotatable bonds is 1. The molecule has 1 aromatic rings. The molecule has 64 valence electrons. The summed E-state index contributed by atoms with van der Waals surface area (Å²) >= 11 is 0. The van der Waals surface area contributed by atoms with Gasteiger partial charge in [0, 0.05) is 0 Å². The van der Waals surface area contributed by atoms with Gasteiger partial charge in [-0.2, -0.15) is 0 Å². The molecule has 0 heterocycles. The number of hydrogen-bond donors (Lipinski definition) is 1. The van der Waals surface area contributed by atoms with Crippen LogP contribution in [-0.2, 0) is 6.42 Å². The minimum absolute atomic E-state index is 0.625. The normalized spacial score (nSPS) is 21.0. The lowest BCUT2D eigenvalue weighted by molar-refractivity contribution is 0.688. The smallest absolute Gasteiger partial charge is 0.000802 e. The van der Waals surface area contributed by atoms with Gasteiger partial charge in [0.25, 0.3) is 0 Å². The van der Waals surface area contributed by atoms with Crippen molar-refractivity contribution in [1.82, 2.24) is 0 Å². The van der Waals surface area contributed by atoms with Crippen LogP contribution in [0.15, 0.2) is 18.2 Å². The highest BCUT2D eigenvalue weighted by atomic mass is 14.6. The van der Waals surface area contributed by atoms with Gasteiger partial charge in [0.15, 0.2) is 0 Å². The number of hydrogen-bond acceptors (Lipinski definition) is 1. The first-order valence-corrected chi connectivity index (χ1v) is 4.61. The molecule has 1 heteroatoms. The molecule has 1 aliphatic carbocycles. The summed E-state index contributed by atoms with van der Waals surface area (Å²) in [6.45, 7) is 2.95. The molecule has 0 spiro atoms. The lowest BCUT2D eigenvalue weighted by atomic mass is 10.00. The molecule has 1 aromatic carbocycles. The summed E-state index contributed by atoms with van der Waals surface area (Å²) in [6.07, 6.45) is 2.47. The van der Waals surface area contributed by atoms with Crippen molar-refractivity contribution >= 4 is 0 Å². The quantitative estimate of drug-likeness (QED) is 0.669. The molecule has 0 radical (unpaired) electrons. The third kappa shape index (κ3) is 1.14. The average molecular weight is 161 g/mol. The maximum Gasteiger partial charge on any atom is -0.000802 e. The van der Waals surface area contributed by atoms with Crippen LogP contribution in [0.25, 0.3) is 0 Å². The molecular weight excluding hydrogens is 146 g/mol. The summed E-state index contributed by atoms with van der Waals surface area (Å²) in [4.78, 5) is 0. The lowest BCUT2D eigenvalue weighted by Crippen LogP contribution is -2.09. The molecule has 1 unspecified atom stereocenters. The van der Waals surface area contributed by atoms with Crippen LogP contribution in [0.4, 0.5) is 0 Å². The Labute approximate surface area is 73.6 Å². The minimum atomic E-state index is 0.625. The van der Waals surface area contributed by atoms with Gasteiger partial charge in [-0.15, -0.1) is 0 Å². The van der Waals surface area contributed by atoms with E-state index in [4.69, 9.17) is 5.73 Å². The standard InChI is InChI=1S/C11H15N/c1-8-2-3-9-4-5-10(7-12)11(9)6-8/h2-3,6,10H,4-5,7,12H2,1H3. The zero-order chi connectivity index (χ0) is 8.55. The van der Waals surface area contributed by atoms with Gasteiger partial charge in [-0.05, 0) is 43.4 Å². The summed E-state index contributed by atoms with van der Waals surface area (Å²) in [5.74, 6) is 0.625. The third-order valence-corrected chi connectivity index (χ3v) is 2.79. The first-order valence-electron chi connectivity index (χ1n) is 4.61. The fourth-order valence-electron chi connectivity index (χ4n) is 2.05. The Bertz CT molecular complexity index is 291. The summed E-state index contributed by atoms with van der Waals surface area (Å²) in [7, 11) is 0. The molecule has 2 rings (SSSR count). The maximum absolute atomic E-state index is 5.70. The summed E-state index contributed by atoms with van der Waals surface area (Å²) in [5, 5.41) is 0. The highest BCUT2D eigenvalue weighted by Crippen LogP contribution is 2.32. The predicted octanol–water partition coefficient (Wildman–Crippen LogP) is 1.98.